The highest BCUT2D eigenvalue weighted by atomic mass is 32.2. The summed E-state index contributed by atoms with van der Waals surface area (Å²) in [6.07, 6.45) is 0. The number of carboxylic acids is 2. The molecule has 0 aromatic heterocycles. The predicted octanol–water partition coefficient (Wildman–Crippen LogP) is -2.21. The molecule has 172 valence electrons. The van der Waals surface area contributed by atoms with Crippen LogP contribution in [-0.4, -0.2) is 98.5 Å². The van der Waals surface area contributed by atoms with Crippen molar-refractivity contribution in [2.45, 2.75) is 4.90 Å². The average Bonchev–Trinajstić information content (AvgIpc) is 2.64. The highest BCUT2D eigenvalue weighted by Gasteiger charge is 2.18. The number of hydrogen-bond acceptors (Lipinski definition) is 8. The van der Waals surface area contributed by atoms with Gasteiger partial charge in [0.1, 0.15) is 0 Å². The molecule has 0 aliphatic carbocycles. The number of benzene rings is 1. The molecule has 14 heteroatoms. The summed E-state index contributed by atoms with van der Waals surface area (Å²) in [4.78, 5) is 48.3. The summed E-state index contributed by atoms with van der Waals surface area (Å²) in [6.45, 7) is -1.41. The van der Waals surface area contributed by atoms with Crippen LogP contribution in [-0.2, 0) is 29.2 Å². The van der Waals surface area contributed by atoms with Crippen molar-refractivity contribution >= 4 is 39.5 Å². The van der Waals surface area contributed by atoms with Gasteiger partial charge in [-0.05, 0) is 24.3 Å². The van der Waals surface area contributed by atoms with Gasteiger partial charge >= 0.3 is 11.9 Å². The normalized spacial score (nSPS) is 11.4. The molecule has 2 amide bonds. The van der Waals surface area contributed by atoms with E-state index < -0.39 is 46.9 Å². The van der Waals surface area contributed by atoms with Crippen molar-refractivity contribution in [2.75, 3.05) is 51.6 Å². The second kappa shape index (κ2) is 11.9. The second-order valence-corrected chi connectivity index (χ2v) is 8.06. The molecule has 1 rings (SSSR count). The summed E-state index contributed by atoms with van der Waals surface area (Å²) in [5, 5.41) is 27.9. The van der Waals surface area contributed by atoms with Gasteiger partial charge in [0.15, 0.2) is 0 Å². The van der Waals surface area contributed by atoms with Gasteiger partial charge in [-0.1, -0.05) is 0 Å². The lowest BCUT2D eigenvalue weighted by Gasteiger charge is -2.25. The molecular formula is C17H25N5O8S. The van der Waals surface area contributed by atoms with Crippen LogP contribution in [0.3, 0.4) is 0 Å². The third-order valence-electron chi connectivity index (χ3n) is 3.93. The molecule has 0 aliphatic heterocycles. The first-order chi connectivity index (χ1) is 14.4. The van der Waals surface area contributed by atoms with Crippen LogP contribution >= 0.6 is 0 Å². The minimum atomic E-state index is -3.88. The van der Waals surface area contributed by atoms with Crippen molar-refractivity contribution in [3.63, 3.8) is 0 Å². The standard InChI is InChI=1S/C17H25N5O8S/c1-19-14(23)8-21(10-16(25)26)6-7-22(11-17(27)28)9-15(24)20-12-2-4-13(5-3-12)31(18,29)30/h2-5H,6-11H2,1H3,(H,19,23)(H,20,24)(H,25,26)(H,27,28)(H2,18,29,30). The van der Waals surface area contributed by atoms with E-state index >= 15 is 0 Å². The third kappa shape index (κ3) is 10.5. The first-order valence-corrected chi connectivity index (χ1v) is 10.5. The van der Waals surface area contributed by atoms with Gasteiger partial charge in [-0.2, -0.15) is 0 Å². The zero-order chi connectivity index (χ0) is 23.6. The number of carboxylic acid groups (broad SMARTS) is 2. The highest BCUT2D eigenvalue weighted by molar-refractivity contribution is 7.89. The van der Waals surface area contributed by atoms with Gasteiger partial charge < -0.3 is 20.8 Å². The number of carbonyl (C=O) groups excluding carboxylic acids is 2. The van der Waals surface area contributed by atoms with Crippen LogP contribution in [0.1, 0.15) is 0 Å². The average molecular weight is 459 g/mol. The van der Waals surface area contributed by atoms with Crippen molar-refractivity contribution in [3.05, 3.63) is 24.3 Å². The molecule has 13 nitrogen and oxygen atoms in total. The molecule has 0 spiro atoms. The Balaban J connectivity index is 2.75. The van der Waals surface area contributed by atoms with Crippen molar-refractivity contribution in [3.8, 4) is 0 Å². The van der Waals surface area contributed by atoms with Crippen molar-refractivity contribution in [1.82, 2.24) is 15.1 Å². The number of hydrogen-bond donors (Lipinski definition) is 5. The molecule has 0 aliphatic rings. The summed E-state index contributed by atoms with van der Waals surface area (Å²) < 4.78 is 22.5. The summed E-state index contributed by atoms with van der Waals surface area (Å²) in [5.41, 5.74) is 0.278. The predicted molar refractivity (Wildman–Crippen MR) is 109 cm³/mol. The Kier molecular flexibility index (Phi) is 10.0. The minimum absolute atomic E-state index is 0.00828. The van der Waals surface area contributed by atoms with Crippen molar-refractivity contribution < 1.29 is 37.8 Å². The Hall–Kier alpha value is -3.07. The fraction of sp³-hybridized carbons (Fsp3) is 0.412. The number of likely N-dealkylation sites (N-methyl/N-ethyl adjacent to an activating group) is 1. The zero-order valence-electron chi connectivity index (χ0n) is 16.8. The fourth-order valence-corrected chi connectivity index (χ4v) is 3.02. The molecule has 0 saturated carbocycles. The van der Waals surface area contributed by atoms with Crippen LogP contribution in [0.25, 0.3) is 0 Å². The number of primary sulfonamides is 1. The van der Waals surface area contributed by atoms with Gasteiger partial charge in [0, 0.05) is 25.8 Å². The number of rotatable bonds is 13. The van der Waals surface area contributed by atoms with E-state index in [9.17, 15) is 27.6 Å². The lowest BCUT2D eigenvalue weighted by molar-refractivity contribution is -0.141. The maximum absolute atomic E-state index is 12.3. The Morgan fingerprint density at radius 3 is 1.71 bits per heavy atom. The number of nitrogens with two attached hydrogens (primary N) is 1. The summed E-state index contributed by atoms with van der Waals surface area (Å²) in [6, 6.07) is 5.08. The molecule has 0 saturated heterocycles. The Labute approximate surface area is 178 Å². The molecule has 0 bridgehead atoms. The van der Waals surface area contributed by atoms with E-state index in [2.05, 4.69) is 10.6 Å². The van der Waals surface area contributed by atoms with Gasteiger partial charge in [-0.15, -0.1) is 0 Å². The van der Waals surface area contributed by atoms with Crippen LogP contribution in [0.5, 0.6) is 0 Å². The van der Waals surface area contributed by atoms with Crippen LogP contribution < -0.4 is 15.8 Å². The number of amides is 2. The number of anilines is 1. The van der Waals surface area contributed by atoms with Crippen LogP contribution in [0.15, 0.2) is 29.2 Å². The molecule has 31 heavy (non-hydrogen) atoms. The topological polar surface area (TPSA) is 199 Å². The zero-order valence-corrected chi connectivity index (χ0v) is 17.6. The van der Waals surface area contributed by atoms with E-state index in [4.69, 9.17) is 15.4 Å². The monoisotopic (exact) mass is 459 g/mol. The largest absolute Gasteiger partial charge is 0.480 e. The van der Waals surface area contributed by atoms with Crippen molar-refractivity contribution in [2.24, 2.45) is 5.14 Å². The van der Waals surface area contributed by atoms with E-state index in [1.54, 1.807) is 0 Å². The first kappa shape index (κ1) is 26.0. The van der Waals surface area contributed by atoms with Crippen molar-refractivity contribution in [1.29, 1.82) is 0 Å². The minimum Gasteiger partial charge on any atom is -0.480 e. The SMILES string of the molecule is CNC(=O)CN(CCN(CC(=O)O)CC(=O)Nc1ccc(S(N)(=O)=O)cc1)CC(=O)O. The first-order valence-electron chi connectivity index (χ1n) is 8.92. The van der Waals surface area contributed by atoms with E-state index in [1.165, 1.54) is 41.1 Å². The van der Waals surface area contributed by atoms with Gasteiger partial charge in [-0.3, -0.25) is 29.0 Å². The molecule has 1 aromatic rings. The number of carbonyl (C=O) groups is 4. The molecule has 6 N–H and O–H groups in total. The Morgan fingerprint density at radius 1 is 0.871 bits per heavy atom. The maximum Gasteiger partial charge on any atom is 0.317 e. The molecule has 1 aromatic carbocycles. The molecule has 0 unspecified atom stereocenters. The lowest BCUT2D eigenvalue weighted by atomic mass is 10.3. The quantitative estimate of drug-likeness (QED) is 0.215. The van der Waals surface area contributed by atoms with Crippen LogP contribution in [0, 0.1) is 0 Å². The lowest BCUT2D eigenvalue weighted by Crippen LogP contribution is -2.45. The van der Waals surface area contributed by atoms with E-state index in [1.807, 2.05) is 0 Å². The summed E-state index contributed by atoms with van der Waals surface area (Å²) >= 11 is 0. The number of nitrogens with one attached hydrogen (secondary N) is 2. The van der Waals surface area contributed by atoms with Gasteiger partial charge in [0.05, 0.1) is 31.1 Å². The summed E-state index contributed by atoms with van der Waals surface area (Å²) in [7, 11) is -2.48. The fourth-order valence-electron chi connectivity index (χ4n) is 2.51. The second-order valence-electron chi connectivity index (χ2n) is 6.50. The van der Waals surface area contributed by atoms with Gasteiger partial charge in [0.25, 0.3) is 0 Å². The highest BCUT2D eigenvalue weighted by Crippen LogP contribution is 2.12. The number of nitrogens with zero attached hydrogens (tertiary/aromatic N) is 2. The molecular weight excluding hydrogens is 434 g/mol. The molecule has 0 atom stereocenters. The smallest absolute Gasteiger partial charge is 0.317 e. The maximum atomic E-state index is 12.3. The molecule has 0 fully saturated rings. The van der Waals surface area contributed by atoms with Crippen LogP contribution in [0.2, 0.25) is 0 Å². The number of sulfonamides is 1. The van der Waals surface area contributed by atoms with E-state index in [0.717, 1.165) is 0 Å². The van der Waals surface area contributed by atoms with Gasteiger partial charge in [-0.25, -0.2) is 13.6 Å². The van der Waals surface area contributed by atoms with Crippen LogP contribution in [0.4, 0.5) is 5.69 Å². The molecule has 0 heterocycles. The van der Waals surface area contributed by atoms with E-state index in [0.29, 0.717) is 0 Å². The Morgan fingerprint density at radius 2 is 1.32 bits per heavy atom. The third-order valence-corrected chi connectivity index (χ3v) is 4.86. The Bertz CT molecular complexity index is 904. The summed E-state index contributed by atoms with van der Waals surface area (Å²) in [5.74, 6) is -3.33. The van der Waals surface area contributed by atoms with Gasteiger partial charge in [0.2, 0.25) is 21.8 Å². The molecule has 0 radical (unpaired) electrons. The number of aliphatic carboxylic acids is 2. The van der Waals surface area contributed by atoms with E-state index in [-0.39, 0.29) is 36.8 Å².